The number of carbonyl (C=O) groups is 1. The van der Waals surface area contributed by atoms with E-state index < -0.39 is 0 Å². The van der Waals surface area contributed by atoms with Crippen molar-refractivity contribution in [2.45, 2.75) is 60.0 Å². The first-order valence-corrected chi connectivity index (χ1v) is 9.71. The number of rotatable bonds is 7. The fourth-order valence-corrected chi connectivity index (χ4v) is 3.67. The van der Waals surface area contributed by atoms with E-state index in [-0.39, 0.29) is 11.9 Å². The van der Waals surface area contributed by atoms with Crippen LogP contribution in [0.5, 0.6) is 0 Å². The molecule has 1 aromatic carbocycles. The van der Waals surface area contributed by atoms with Crippen LogP contribution in [-0.4, -0.2) is 15.7 Å². The third-order valence-electron chi connectivity index (χ3n) is 4.48. The zero-order chi connectivity index (χ0) is 19.4. The molecule has 142 valence electrons. The van der Waals surface area contributed by atoms with Gasteiger partial charge in [-0.05, 0) is 56.4 Å². The molecule has 1 N–H and O–H groups in total. The van der Waals surface area contributed by atoms with Gasteiger partial charge in [-0.2, -0.15) is 5.10 Å². The molecule has 26 heavy (non-hydrogen) atoms. The fourth-order valence-electron chi connectivity index (χ4n) is 3.10. The monoisotopic (exact) mass is 395 g/mol. The normalized spacial score (nSPS) is 12.5. The van der Waals surface area contributed by atoms with E-state index >= 15 is 0 Å². The van der Waals surface area contributed by atoms with Crippen LogP contribution in [0.15, 0.2) is 18.2 Å². The summed E-state index contributed by atoms with van der Waals surface area (Å²) in [4.78, 5) is 12.4. The zero-order valence-corrected chi connectivity index (χ0v) is 17.6. The van der Waals surface area contributed by atoms with Gasteiger partial charge in [0.25, 0.3) is 0 Å². The van der Waals surface area contributed by atoms with Crippen LogP contribution in [0.4, 0.5) is 0 Å². The molecule has 0 saturated heterocycles. The van der Waals surface area contributed by atoms with E-state index in [0.29, 0.717) is 28.8 Å². The first kappa shape index (κ1) is 20.8. The molecule has 4 nitrogen and oxygen atoms in total. The zero-order valence-electron chi connectivity index (χ0n) is 16.1. The fraction of sp³-hybridized carbons (Fsp3) is 0.500. The lowest BCUT2D eigenvalue weighted by atomic mass is 10.1. The van der Waals surface area contributed by atoms with E-state index in [9.17, 15) is 4.79 Å². The summed E-state index contributed by atoms with van der Waals surface area (Å²) >= 11 is 12.1. The van der Waals surface area contributed by atoms with Gasteiger partial charge >= 0.3 is 0 Å². The van der Waals surface area contributed by atoms with Gasteiger partial charge in [0.15, 0.2) is 0 Å². The molecule has 0 aliphatic heterocycles. The van der Waals surface area contributed by atoms with Crippen LogP contribution in [-0.2, 0) is 17.8 Å². The third kappa shape index (κ3) is 5.24. The maximum Gasteiger partial charge on any atom is 0.220 e. The number of nitrogens with one attached hydrogen (secondary N) is 1. The van der Waals surface area contributed by atoms with Gasteiger partial charge < -0.3 is 5.32 Å². The second-order valence-corrected chi connectivity index (χ2v) is 8.02. The van der Waals surface area contributed by atoms with Crippen molar-refractivity contribution >= 4 is 29.1 Å². The summed E-state index contributed by atoms with van der Waals surface area (Å²) in [5.41, 5.74) is 4.18. The summed E-state index contributed by atoms with van der Waals surface area (Å²) in [5.74, 6) is 0.535. The second-order valence-electron chi connectivity index (χ2n) is 7.18. The molecule has 2 aromatic rings. The van der Waals surface area contributed by atoms with E-state index in [1.165, 1.54) is 0 Å². The quantitative estimate of drug-likeness (QED) is 0.693. The van der Waals surface area contributed by atoms with Crippen molar-refractivity contribution in [2.24, 2.45) is 5.92 Å². The van der Waals surface area contributed by atoms with Gasteiger partial charge in [-0.15, -0.1) is 0 Å². The van der Waals surface area contributed by atoms with E-state index in [2.05, 4.69) is 31.2 Å². The number of aryl methyl sites for hydroxylation is 1. The van der Waals surface area contributed by atoms with Gasteiger partial charge in [0.1, 0.15) is 0 Å². The Balaban J connectivity index is 1.97. The molecule has 1 heterocycles. The Morgan fingerprint density at radius 2 is 1.92 bits per heavy atom. The highest BCUT2D eigenvalue weighted by Gasteiger charge is 2.16. The maximum atomic E-state index is 12.4. The van der Waals surface area contributed by atoms with Crippen molar-refractivity contribution in [1.82, 2.24) is 15.1 Å². The number of aromatic nitrogens is 2. The minimum Gasteiger partial charge on any atom is -0.350 e. The van der Waals surface area contributed by atoms with Crippen LogP contribution >= 0.6 is 23.2 Å². The van der Waals surface area contributed by atoms with Gasteiger partial charge in [0.2, 0.25) is 5.91 Å². The molecule has 0 aliphatic rings. The van der Waals surface area contributed by atoms with Crippen LogP contribution in [0.25, 0.3) is 0 Å². The SMILES string of the molecule is Cc1nn(CC(C)C)c(C)c1CCC(=O)NC(C)c1ccc(Cl)cc1Cl. The molecule has 1 aromatic heterocycles. The van der Waals surface area contributed by atoms with Gasteiger partial charge in [-0.3, -0.25) is 9.48 Å². The van der Waals surface area contributed by atoms with Crippen LogP contribution in [0.2, 0.25) is 10.0 Å². The first-order chi connectivity index (χ1) is 12.2. The Labute approximate surface area is 165 Å². The van der Waals surface area contributed by atoms with Crippen LogP contribution < -0.4 is 5.32 Å². The lowest BCUT2D eigenvalue weighted by Crippen LogP contribution is -2.27. The third-order valence-corrected chi connectivity index (χ3v) is 5.04. The molecule has 0 aliphatic carbocycles. The summed E-state index contributed by atoms with van der Waals surface area (Å²) < 4.78 is 2.04. The smallest absolute Gasteiger partial charge is 0.220 e. The predicted octanol–water partition coefficient (Wildman–Crippen LogP) is 5.27. The molecule has 0 saturated carbocycles. The number of hydrogen-bond acceptors (Lipinski definition) is 2. The summed E-state index contributed by atoms with van der Waals surface area (Å²) in [6.07, 6.45) is 1.10. The average molecular weight is 396 g/mol. The molecule has 6 heteroatoms. The molecular weight excluding hydrogens is 369 g/mol. The van der Waals surface area contributed by atoms with Crippen molar-refractivity contribution < 1.29 is 4.79 Å². The summed E-state index contributed by atoms with van der Waals surface area (Å²) in [7, 11) is 0. The molecule has 0 radical (unpaired) electrons. The summed E-state index contributed by atoms with van der Waals surface area (Å²) in [5, 5.41) is 8.77. The van der Waals surface area contributed by atoms with Crippen molar-refractivity contribution in [3.8, 4) is 0 Å². The number of halogens is 2. The molecule has 2 rings (SSSR count). The number of amides is 1. The van der Waals surface area contributed by atoms with Crippen molar-refractivity contribution in [3.63, 3.8) is 0 Å². The molecule has 1 unspecified atom stereocenters. The van der Waals surface area contributed by atoms with Gasteiger partial charge in [-0.25, -0.2) is 0 Å². The standard InChI is InChI=1S/C20H27Cl2N3O/c1-12(2)11-25-15(5)17(14(4)24-25)8-9-20(26)23-13(3)18-7-6-16(21)10-19(18)22/h6-7,10,12-13H,8-9,11H2,1-5H3,(H,23,26). The molecule has 0 bridgehead atoms. The predicted molar refractivity (Wildman–Crippen MR) is 108 cm³/mol. The van der Waals surface area contributed by atoms with Crippen LogP contribution in [0.1, 0.15) is 55.7 Å². The minimum absolute atomic E-state index is 0.000994. The van der Waals surface area contributed by atoms with E-state index in [0.717, 1.165) is 29.1 Å². The topological polar surface area (TPSA) is 46.9 Å². The number of hydrogen-bond donors (Lipinski definition) is 1. The molecule has 0 spiro atoms. The van der Waals surface area contributed by atoms with Crippen molar-refractivity contribution in [2.75, 3.05) is 0 Å². The summed E-state index contributed by atoms with van der Waals surface area (Å²) in [6, 6.07) is 5.15. The Morgan fingerprint density at radius 3 is 2.54 bits per heavy atom. The molecule has 1 amide bonds. The number of nitrogens with zero attached hydrogens (tertiary/aromatic N) is 2. The highest BCUT2D eigenvalue weighted by molar-refractivity contribution is 6.35. The Bertz CT molecular complexity index is 784. The van der Waals surface area contributed by atoms with Gasteiger partial charge in [0.05, 0.1) is 11.7 Å². The lowest BCUT2D eigenvalue weighted by Gasteiger charge is -2.16. The van der Waals surface area contributed by atoms with E-state index in [1.807, 2.05) is 24.6 Å². The van der Waals surface area contributed by atoms with Crippen LogP contribution in [0, 0.1) is 19.8 Å². The Kier molecular flexibility index (Phi) is 7.13. The van der Waals surface area contributed by atoms with Crippen LogP contribution in [0.3, 0.4) is 0 Å². The highest BCUT2D eigenvalue weighted by atomic mass is 35.5. The average Bonchev–Trinajstić information content (AvgIpc) is 2.78. The van der Waals surface area contributed by atoms with Gasteiger partial charge in [0, 0.05) is 28.7 Å². The largest absolute Gasteiger partial charge is 0.350 e. The molecule has 1 atom stereocenters. The van der Waals surface area contributed by atoms with Gasteiger partial charge in [-0.1, -0.05) is 43.1 Å². The highest BCUT2D eigenvalue weighted by Crippen LogP contribution is 2.26. The Morgan fingerprint density at radius 1 is 1.23 bits per heavy atom. The Hall–Kier alpha value is -1.52. The summed E-state index contributed by atoms with van der Waals surface area (Å²) in [6.45, 7) is 11.2. The second kappa shape index (κ2) is 8.92. The van der Waals surface area contributed by atoms with E-state index in [1.54, 1.807) is 12.1 Å². The number of carbonyl (C=O) groups excluding carboxylic acids is 1. The molecule has 0 fully saturated rings. The lowest BCUT2D eigenvalue weighted by molar-refractivity contribution is -0.121. The maximum absolute atomic E-state index is 12.4. The first-order valence-electron chi connectivity index (χ1n) is 8.96. The van der Waals surface area contributed by atoms with Crippen molar-refractivity contribution in [3.05, 3.63) is 50.8 Å². The number of benzene rings is 1. The van der Waals surface area contributed by atoms with Crippen molar-refractivity contribution in [1.29, 1.82) is 0 Å². The van der Waals surface area contributed by atoms with E-state index in [4.69, 9.17) is 23.2 Å². The minimum atomic E-state index is -0.168. The molecular formula is C20H27Cl2N3O.